The van der Waals surface area contributed by atoms with E-state index in [4.69, 9.17) is 29.9 Å². The van der Waals surface area contributed by atoms with Crippen molar-refractivity contribution >= 4 is 23.9 Å². The van der Waals surface area contributed by atoms with Crippen LogP contribution in [0.4, 0.5) is 0 Å². The Morgan fingerprint density at radius 1 is 0.571 bits per heavy atom. The molecule has 0 heterocycles. The van der Waals surface area contributed by atoms with Gasteiger partial charge in [0.2, 0.25) is 0 Å². The number of hydrogen-bond acceptors (Lipinski definition) is 8. The van der Waals surface area contributed by atoms with Crippen LogP contribution in [0.25, 0.3) is 0 Å². The summed E-state index contributed by atoms with van der Waals surface area (Å²) >= 11 is 0. The summed E-state index contributed by atoms with van der Waals surface area (Å²) in [6.07, 6.45) is 0. The molecule has 0 fully saturated rings. The van der Waals surface area contributed by atoms with Crippen molar-refractivity contribution in [2.75, 3.05) is 65.7 Å². The van der Waals surface area contributed by atoms with Crippen LogP contribution < -0.4 is 59.1 Å². The Balaban J connectivity index is -0.000000521. The smallest absolute Gasteiger partial charge is 1.00 e. The van der Waals surface area contributed by atoms with Crippen molar-refractivity contribution in [1.82, 2.24) is 9.80 Å². The van der Waals surface area contributed by atoms with E-state index in [1.165, 1.54) is 9.80 Å². The van der Waals surface area contributed by atoms with Gasteiger partial charge in [0.05, 0.1) is 52.6 Å². The normalized spacial score (nSPS) is 10.2. The van der Waals surface area contributed by atoms with Crippen LogP contribution >= 0.6 is 0 Å². The Labute approximate surface area is 209 Å². The van der Waals surface area contributed by atoms with E-state index in [1.807, 2.05) is 0 Å². The molecule has 14 heteroatoms. The van der Waals surface area contributed by atoms with Crippen molar-refractivity contribution in [2.45, 2.75) is 0 Å². The van der Waals surface area contributed by atoms with E-state index in [1.54, 1.807) is 0 Å². The van der Waals surface area contributed by atoms with Gasteiger partial charge < -0.3 is 32.8 Å². The molecule has 0 atom stereocenters. The molecule has 0 spiro atoms. The molecule has 0 aromatic rings. The molecule has 28 heavy (non-hydrogen) atoms. The maximum absolute atomic E-state index is 10.6. The molecular weight excluding hydrogens is 402 g/mol. The third-order valence-corrected chi connectivity index (χ3v) is 2.91. The van der Waals surface area contributed by atoms with Crippen molar-refractivity contribution in [3.8, 4) is 0 Å². The fraction of sp³-hybridized carbons (Fsp3) is 0.714. The molecule has 0 saturated heterocycles. The first-order chi connectivity index (χ1) is 12.2. The van der Waals surface area contributed by atoms with Gasteiger partial charge in [-0.3, -0.25) is 29.0 Å². The third kappa shape index (κ3) is 22.0. The van der Waals surface area contributed by atoms with Crippen LogP contribution in [0.3, 0.4) is 0 Å². The zero-order valence-corrected chi connectivity index (χ0v) is 20.2. The van der Waals surface area contributed by atoms with Crippen LogP contribution in [-0.2, 0) is 28.7 Å². The molecule has 0 aliphatic carbocycles. The molecule has 12 nitrogen and oxygen atoms in total. The standard InChI is InChI=1S/C14H24N2O10.2Na.2H/c17-11(18)7-15(8-12(19)20)1-3-25-5-6-26-4-2-16(9-13(21)22)10-14(23)24;;;;/h1-10H2,(H,17,18)(H,19,20)(H,21,22)(H,23,24);;;;/q;2*+1;2*-1. The molecule has 0 unspecified atom stereocenters. The summed E-state index contributed by atoms with van der Waals surface area (Å²) in [4.78, 5) is 44.9. The van der Waals surface area contributed by atoms with E-state index in [-0.39, 0.29) is 101 Å². The minimum atomic E-state index is -1.14. The molecule has 0 aromatic carbocycles. The number of carbonyl (C=O) groups is 4. The predicted molar refractivity (Wildman–Crippen MR) is 87.3 cm³/mol. The molecule has 0 aromatic heterocycles. The Kier molecular flexibility index (Phi) is 23.1. The minimum Gasteiger partial charge on any atom is -1.00 e. The first kappa shape index (κ1) is 32.4. The Bertz CT molecular complexity index is 418. The largest absolute Gasteiger partial charge is 1.00 e. The van der Waals surface area contributed by atoms with Crippen molar-refractivity contribution in [3.63, 3.8) is 0 Å². The van der Waals surface area contributed by atoms with E-state index in [0.717, 1.165) is 0 Å². The SMILES string of the molecule is O=C(O)CN(CCOCCOCCN(CC(=O)O)CC(=O)O)CC(=O)O.[H-].[H-].[Na+].[Na+]. The number of nitrogens with zero attached hydrogens (tertiary/aromatic N) is 2. The van der Waals surface area contributed by atoms with Crippen LogP contribution in [0.1, 0.15) is 2.85 Å². The summed E-state index contributed by atoms with van der Waals surface area (Å²) < 4.78 is 10.4. The fourth-order valence-electron chi connectivity index (χ4n) is 1.90. The van der Waals surface area contributed by atoms with E-state index in [9.17, 15) is 19.2 Å². The molecule has 0 radical (unpaired) electrons. The molecule has 4 N–H and O–H groups in total. The van der Waals surface area contributed by atoms with Gasteiger partial charge in [-0.15, -0.1) is 0 Å². The maximum Gasteiger partial charge on any atom is 1.00 e. The van der Waals surface area contributed by atoms with Crippen LogP contribution in [-0.4, -0.2) is 120 Å². The molecular formula is C14H26N2Na2O10. The van der Waals surface area contributed by atoms with Gasteiger partial charge in [0.25, 0.3) is 0 Å². The summed E-state index contributed by atoms with van der Waals surface area (Å²) in [5, 5.41) is 34.7. The molecule has 0 saturated carbocycles. The maximum atomic E-state index is 10.6. The first-order valence-corrected chi connectivity index (χ1v) is 7.68. The summed E-state index contributed by atoms with van der Waals surface area (Å²) in [6.45, 7) is -0.790. The second kappa shape index (κ2) is 20.0. The van der Waals surface area contributed by atoms with Gasteiger partial charge >= 0.3 is 83.0 Å². The molecule has 0 rings (SSSR count). The van der Waals surface area contributed by atoms with E-state index < -0.39 is 50.1 Å². The second-order valence-corrected chi connectivity index (χ2v) is 5.22. The average molecular weight is 428 g/mol. The van der Waals surface area contributed by atoms with E-state index in [0.29, 0.717) is 0 Å². The van der Waals surface area contributed by atoms with Crippen molar-refractivity contribution in [3.05, 3.63) is 0 Å². The summed E-state index contributed by atoms with van der Waals surface area (Å²) in [6, 6.07) is 0. The minimum absolute atomic E-state index is 0. The number of hydrogen-bond donors (Lipinski definition) is 4. The van der Waals surface area contributed by atoms with Crippen molar-refractivity contribution in [1.29, 1.82) is 0 Å². The monoisotopic (exact) mass is 428 g/mol. The molecule has 0 bridgehead atoms. The van der Waals surface area contributed by atoms with Gasteiger partial charge in [-0.2, -0.15) is 0 Å². The Morgan fingerprint density at radius 2 is 0.821 bits per heavy atom. The topological polar surface area (TPSA) is 174 Å². The van der Waals surface area contributed by atoms with Gasteiger partial charge in [0.15, 0.2) is 0 Å². The van der Waals surface area contributed by atoms with Gasteiger partial charge in [-0.25, -0.2) is 0 Å². The Hall–Kier alpha value is -0.280. The zero-order valence-electron chi connectivity index (χ0n) is 18.2. The average Bonchev–Trinajstić information content (AvgIpc) is 2.47. The number of rotatable bonds is 17. The third-order valence-electron chi connectivity index (χ3n) is 2.91. The van der Waals surface area contributed by atoms with E-state index >= 15 is 0 Å². The van der Waals surface area contributed by atoms with Crippen molar-refractivity contribution < 1.29 is 111 Å². The van der Waals surface area contributed by atoms with Gasteiger partial charge in [0, 0.05) is 13.1 Å². The number of carboxylic acids is 4. The number of aliphatic carboxylic acids is 4. The van der Waals surface area contributed by atoms with E-state index in [2.05, 4.69) is 0 Å². The number of carboxylic acid groups (broad SMARTS) is 4. The molecule has 154 valence electrons. The number of ether oxygens (including phenoxy) is 2. The summed E-state index contributed by atoms with van der Waals surface area (Å²) in [5.74, 6) is -4.55. The van der Waals surface area contributed by atoms with Gasteiger partial charge in [-0.05, 0) is 0 Å². The zero-order chi connectivity index (χ0) is 19.9. The summed E-state index contributed by atoms with van der Waals surface area (Å²) in [5.41, 5.74) is 0. The van der Waals surface area contributed by atoms with Crippen LogP contribution in [0.5, 0.6) is 0 Å². The predicted octanol–water partition coefficient (Wildman–Crippen LogP) is -7.81. The Morgan fingerprint density at radius 3 is 1.04 bits per heavy atom. The summed E-state index contributed by atoms with van der Waals surface area (Å²) in [7, 11) is 0. The van der Waals surface area contributed by atoms with Crippen LogP contribution in [0, 0.1) is 0 Å². The van der Waals surface area contributed by atoms with Gasteiger partial charge in [-0.1, -0.05) is 0 Å². The fourth-order valence-corrected chi connectivity index (χ4v) is 1.90. The molecule has 0 aliphatic heterocycles. The second-order valence-electron chi connectivity index (χ2n) is 5.22. The quantitative estimate of drug-likeness (QED) is 0.127. The first-order valence-electron chi connectivity index (χ1n) is 7.68. The molecule has 0 amide bonds. The van der Waals surface area contributed by atoms with Crippen molar-refractivity contribution in [2.24, 2.45) is 0 Å². The van der Waals surface area contributed by atoms with Crippen LogP contribution in [0.2, 0.25) is 0 Å². The molecule has 0 aliphatic rings. The van der Waals surface area contributed by atoms with Gasteiger partial charge in [0.1, 0.15) is 0 Å². The van der Waals surface area contributed by atoms with Crippen LogP contribution in [0.15, 0.2) is 0 Å².